The molecular formula is C20H19N3O2S. The van der Waals surface area contributed by atoms with Crippen LogP contribution in [0, 0.1) is 0 Å². The van der Waals surface area contributed by atoms with Crippen molar-refractivity contribution >= 4 is 23.4 Å². The highest BCUT2D eigenvalue weighted by Gasteiger charge is 2.13. The van der Waals surface area contributed by atoms with Gasteiger partial charge in [-0.05, 0) is 53.9 Å². The summed E-state index contributed by atoms with van der Waals surface area (Å²) in [6.45, 7) is 0.111. The van der Waals surface area contributed by atoms with Crippen molar-refractivity contribution in [3.05, 3.63) is 83.8 Å². The molecule has 26 heavy (non-hydrogen) atoms. The molecule has 0 saturated carbocycles. The van der Waals surface area contributed by atoms with Crippen molar-refractivity contribution in [2.24, 2.45) is 0 Å². The molecule has 2 aromatic heterocycles. The van der Waals surface area contributed by atoms with Crippen LogP contribution in [0.3, 0.4) is 0 Å². The van der Waals surface area contributed by atoms with Crippen LogP contribution in [0.1, 0.15) is 21.5 Å². The Morgan fingerprint density at radius 1 is 1.00 bits per heavy atom. The molecule has 0 saturated heterocycles. The van der Waals surface area contributed by atoms with Gasteiger partial charge in [-0.25, -0.2) is 4.98 Å². The number of hydrogen-bond donors (Lipinski definition) is 2. The van der Waals surface area contributed by atoms with Gasteiger partial charge in [0.15, 0.2) is 0 Å². The Balaban J connectivity index is 1.69. The Hall–Kier alpha value is -2.70. The fraction of sp³-hybridized carbons (Fsp3) is 0.150. The number of nitrogens with one attached hydrogen (secondary N) is 1. The second kappa shape index (κ2) is 9.12. The van der Waals surface area contributed by atoms with Gasteiger partial charge < -0.3 is 10.4 Å². The molecule has 1 aromatic carbocycles. The highest BCUT2D eigenvalue weighted by molar-refractivity contribution is 7.98. The summed E-state index contributed by atoms with van der Waals surface area (Å²) in [6.07, 6.45) is 5.80. The van der Waals surface area contributed by atoms with Crippen molar-refractivity contribution < 1.29 is 9.90 Å². The van der Waals surface area contributed by atoms with Crippen molar-refractivity contribution in [2.75, 3.05) is 11.9 Å². The number of pyridine rings is 2. The SMILES string of the molecule is O=C(Nc1ccc(CCO)cc1)c1cccnc1SCc1ccncc1. The van der Waals surface area contributed by atoms with Crippen LogP contribution in [0.5, 0.6) is 0 Å². The maximum absolute atomic E-state index is 12.6. The predicted molar refractivity (Wildman–Crippen MR) is 103 cm³/mol. The highest BCUT2D eigenvalue weighted by atomic mass is 32.2. The van der Waals surface area contributed by atoms with E-state index in [2.05, 4.69) is 15.3 Å². The lowest BCUT2D eigenvalue weighted by molar-refractivity contribution is 0.102. The summed E-state index contributed by atoms with van der Waals surface area (Å²) in [5, 5.41) is 12.6. The van der Waals surface area contributed by atoms with Gasteiger partial charge in [-0.1, -0.05) is 12.1 Å². The lowest BCUT2D eigenvalue weighted by Gasteiger charge is -2.09. The van der Waals surface area contributed by atoms with Gasteiger partial charge in [-0.15, -0.1) is 11.8 Å². The maximum Gasteiger partial charge on any atom is 0.258 e. The number of rotatable bonds is 7. The van der Waals surface area contributed by atoms with Crippen molar-refractivity contribution in [1.29, 1.82) is 0 Å². The first-order chi connectivity index (χ1) is 12.8. The quantitative estimate of drug-likeness (QED) is 0.626. The molecule has 0 spiro atoms. The molecule has 0 radical (unpaired) electrons. The van der Waals surface area contributed by atoms with Gasteiger partial charge in [-0.3, -0.25) is 9.78 Å². The maximum atomic E-state index is 12.6. The smallest absolute Gasteiger partial charge is 0.258 e. The molecule has 132 valence electrons. The fourth-order valence-electron chi connectivity index (χ4n) is 2.39. The number of amides is 1. The molecule has 0 atom stereocenters. The monoisotopic (exact) mass is 365 g/mol. The lowest BCUT2D eigenvalue weighted by Crippen LogP contribution is -2.13. The standard InChI is InChI=1S/C20H19N3O2S/c24-13-9-15-3-5-17(6-4-15)23-19(25)18-2-1-10-22-20(18)26-14-16-7-11-21-12-8-16/h1-8,10-12,24H,9,13-14H2,(H,23,25). The van der Waals surface area contributed by atoms with Crippen LogP contribution in [-0.4, -0.2) is 27.6 Å². The summed E-state index contributed by atoms with van der Waals surface area (Å²) in [7, 11) is 0. The molecule has 1 amide bonds. The largest absolute Gasteiger partial charge is 0.396 e. The fourth-order valence-corrected chi connectivity index (χ4v) is 3.34. The highest BCUT2D eigenvalue weighted by Crippen LogP contribution is 2.24. The molecule has 0 aliphatic rings. The first-order valence-electron chi connectivity index (χ1n) is 8.24. The van der Waals surface area contributed by atoms with E-state index in [0.29, 0.717) is 22.7 Å². The van der Waals surface area contributed by atoms with Crippen LogP contribution >= 0.6 is 11.8 Å². The normalized spacial score (nSPS) is 10.5. The molecule has 3 rings (SSSR count). The summed E-state index contributed by atoms with van der Waals surface area (Å²) < 4.78 is 0. The second-order valence-electron chi connectivity index (χ2n) is 5.62. The predicted octanol–water partition coefficient (Wildman–Crippen LogP) is 3.56. The number of aromatic nitrogens is 2. The molecule has 0 aliphatic carbocycles. The molecule has 5 nitrogen and oxygen atoms in total. The Morgan fingerprint density at radius 2 is 1.77 bits per heavy atom. The van der Waals surface area contributed by atoms with Gasteiger partial charge in [0.05, 0.1) is 5.56 Å². The minimum Gasteiger partial charge on any atom is -0.396 e. The number of carbonyl (C=O) groups is 1. The Kier molecular flexibility index (Phi) is 6.35. The van der Waals surface area contributed by atoms with Gasteiger partial charge in [-0.2, -0.15) is 0 Å². The molecule has 0 unspecified atom stereocenters. The number of nitrogens with zero attached hydrogens (tertiary/aromatic N) is 2. The minimum absolute atomic E-state index is 0.111. The molecule has 0 aliphatic heterocycles. The van der Waals surface area contributed by atoms with E-state index in [1.807, 2.05) is 36.4 Å². The Morgan fingerprint density at radius 3 is 2.50 bits per heavy atom. The van der Waals surface area contributed by atoms with Crippen LogP contribution in [0.4, 0.5) is 5.69 Å². The lowest BCUT2D eigenvalue weighted by atomic mass is 10.1. The average Bonchev–Trinajstić information content (AvgIpc) is 2.69. The van der Waals surface area contributed by atoms with Gasteiger partial charge in [0.25, 0.3) is 5.91 Å². The van der Waals surface area contributed by atoms with Gasteiger partial charge in [0, 0.05) is 36.6 Å². The van der Waals surface area contributed by atoms with E-state index in [-0.39, 0.29) is 12.5 Å². The summed E-state index contributed by atoms with van der Waals surface area (Å²) in [4.78, 5) is 21.0. The topological polar surface area (TPSA) is 75.1 Å². The van der Waals surface area contributed by atoms with Crippen molar-refractivity contribution in [2.45, 2.75) is 17.2 Å². The second-order valence-corrected chi connectivity index (χ2v) is 6.59. The minimum atomic E-state index is -0.190. The van der Waals surface area contributed by atoms with Crippen LogP contribution in [0.2, 0.25) is 0 Å². The zero-order chi connectivity index (χ0) is 18.2. The number of hydrogen-bond acceptors (Lipinski definition) is 5. The number of aliphatic hydroxyl groups is 1. The van der Waals surface area contributed by atoms with E-state index >= 15 is 0 Å². The third-order valence-electron chi connectivity index (χ3n) is 3.75. The first-order valence-corrected chi connectivity index (χ1v) is 9.22. The van der Waals surface area contributed by atoms with Crippen LogP contribution < -0.4 is 5.32 Å². The van der Waals surface area contributed by atoms with E-state index in [4.69, 9.17) is 5.11 Å². The molecule has 6 heteroatoms. The van der Waals surface area contributed by atoms with Crippen LogP contribution in [0.15, 0.2) is 72.1 Å². The molecule has 0 fully saturated rings. The van der Waals surface area contributed by atoms with Crippen molar-refractivity contribution in [3.8, 4) is 0 Å². The van der Waals surface area contributed by atoms with Gasteiger partial charge in [0.1, 0.15) is 5.03 Å². The Labute approximate surface area is 156 Å². The van der Waals surface area contributed by atoms with E-state index in [1.54, 1.807) is 30.7 Å². The van der Waals surface area contributed by atoms with Crippen molar-refractivity contribution in [3.63, 3.8) is 0 Å². The zero-order valence-corrected chi connectivity index (χ0v) is 14.9. The number of thioether (sulfide) groups is 1. The van der Waals surface area contributed by atoms with E-state index in [9.17, 15) is 4.79 Å². The Bertz CT molecular complexity index is 854. The number of carbonyl (C=O) groups excluding carboxylic acids is 1. The summed E-state index contributed by atoms with van der Waals surface area (Å²) in [5.41, 5.74) is 3.42. The molecule has 2 N–H and O–H groups in total. The first kappa shape index (κ1) is 18.1. The number of benzene rings is 1. The van der Waals surface area contributed by atoms with Crippen LogP contribution in [-0.2, 0) is 12.2 Å². The third kappa shape index (κ3) is 4.91. The molecule has 3 aromatic rings. The third-order valence-corrected chi connectivity index (χ3v) is 4.83. The molecule has 0 bridgehead atoms. The summed E-state index contributed by atoms with van der Waals surface area (Å²) in [6, 6.07) is 14.9. The van der Waals surface area contributed by atoms with Gasteiger partial charge >= 0.3 is 0 Å². The van der Waals surface area contributed by atoms with Crippen LogP contribution in [0.25, 0.3) is 0 Å². The number of aliphatic hydroxyl groups excluding tert-OH is 1. The van der Waals surface area contributed by atoms with Crippen molar-refractivity contribution in [1.82, 2.24) is 9.97 Å². The summed E-state index contributed by atoms with van der Waals surface area (Å²) in [5.74, 6) is 0.528. The number of anilines is 1. The van der Waals surface area contributed by atoms with E-state index < -0.39 is 0 Å². The summed E-state index contributed by atoms with van der Waals surface area (Å²) >= 11 is 1.52. The molecule has 2 heterocycles. The van der Waals surface area contributed by atoms with E-state index in [1.165, 1.54) is 11.8 Å². The average molecular weight is 365 g/mol. The zero-order valence-electron chi connectivity index (χ0n) is 14.1. The molecular weight excluding hydrogens is 346 g/mol. The van der Waals surface area contributed by atoms with E-state index in [0.717, 1.165) is 16.9 Å². The van der Waals surface area contributed by atoms with Gasteiger partial charge in [0.2, 0.25) is 0 Å².